The SMILES string of the molecule is COC(=O)C(C)CNC(=O)CC(C)C1CCCNC1. The van der Waals surface area contributed by atoms with Crippen molar-refractivity contribution in [3.05, 3.63) is 0 Å². The first-order chi connectivity index (χ1) is 9.04. The first-order valence-electron chi connectivity index (χ1n) is 7.09. The predicted octanol–water partition coefficient (Wildman–Crippen LogP) is 0.937. The predicted molar refractivity (Wildman–Crippen MR) is 73.6 cm³/mol. The molecule has 0 aliphatic carbocycles. The molecule has 1 heterocycles. The van der Waals surface area contributed by atoms with Crippen molar-refractivity contribution in [2.24, 2.45) is 17.8 Å². The Balaban J connectivity index is 2.24. The summed E-state index contributed by atoms with van der Waals surface area (Å²) in [6, 6.07) is 0. The fourth-order valence-electron chi connectivity index (χ4n) is 2.45. The van der Waals surface area contributed by atoms with E-state index < -0.39 is 0 Å². The van der Waals surface area contributed by atoms with Gasteiger partial charge in [0.05, 0.1) is 13.0 Å². The molecule has 3 unspecified atom stereocenters. The summed E-state index contributed by atoms with van der Waals surface area (Å²) >= 11 is 0. The average molecular weight is 270 g/mol. The second kappa shape index (κ2) is 8.15. The molecule has 5 nitrogen and oxygen atoms in total. The van der Waals surface area contributed by atoms with Crippen molar-refractivity contribution in [1.82, 2.24) is 10.6 Å². The highest BCUT2D eigenvalue weighted by molar-refractivity contribution is 5.77. The van der Waals surface area contributed by atoms with Crippen LogP contribution in [0.3, 0.4) is 0 Å². The van der Waals surface area contributed by atoms with Gasteiger partial charge in [-0.3, -0.25) is 9.59 Å². The van der Waals surface area contributed by atoms with E-state index in [9.17, 15) is 9.59 Å². The lowest BCUT2D eigenvalue weighted by atomic mass is 9.85. The highest BCUT2D eigenvalue weighted by Crippen LogP contribution is 2.22. The Morgan fingerprint density at radius 1 is 1.42 bits per heavy atom. The van der Waals surface area contributed by atoms with Crippen LogP contribution in [0.4, 0.5) is 0 Å². The van der Waals surface area contributed by atoms with E-state index in [2.05, 4.69) is 22.3 Å². The van der Waals surface area contributed by atoms with Crippen molar-refractivity contribution in [3.8, 4) is 0 Å². The van der Waals surface area contributed by atoms with Gasteiger partial charge in [-0.25, -0.2) is 0 Å². The number of hydrogen-bond acceptors (Lipinski definition) is 4. The van der Waals surface area contributed by atoms with Crippen LogP contribution in [0.25, 0.3) is 0 Å². The van der Waals surface area contributed by atoms with E-state index in [-0.39, 0.29) is 17.8 Å². The van der Waals surface area contributed by atoms with Gasteiger partial charge in [0.1, 0.15) is 0 Å². The van der Waals surface area contributed by atoms with E-state index >= 15 is 0 Å². The molecule has 3 atom stereocenters. The molecule has 1 rings (SSSR count). The number of rotatable bonds is 6. The molecule has 2 N–H and O–H groups in total. The number of methoxy groups -OCH3 is 1. The fourth-order valence-corrected chi connectivity index (χ4v) is 2.45. The molecule has 0 bridgehead atoms. The number of hydrogen-bond donors (Lipinski definition) is 2. The smallest absolute Gasteiger partial charge is 0.310 e. The largest absolute Gasteiger partial charge is 0.469 e. The highest BCUT2D eigenvalue weighted by atomic mass is 16.5. The molecular formula is C14H26N2O3. The van der Waals surface area contributed by atoms with E-state index in [1.54, 1.807) is 6.92 Å². The molecule has 1 amide bonds. The molecule has 0 aromatic carbocycles. The number of nitrogens with one attached hydrogen (secondary N) is 2. The van der Waals surface area contributed by atoms with Gasteiger partial charge in [-0.1, -0.05) is 13.8 Å². The zero-order chi connectivity index (χ0) is 14.3. The number of carbonyl (C=O) groups excluding carboxylic acids is 2. The van der Waals surface area contributed by atoms with E-state index in [0.717, 1.165) is 13.1 Å². The van der Waals surface area contributed by atoms with Gasteiger partial charge in [0.25, 0.3) is 0 Å². The van der Waals surface area contributed by atoms with Gasteiger partial charge in [0, 0.05) is 13.0 Å². The molecule has 0 radical (unpaired) electrons. The van der Waals surface area contributed by atoms with Crippen molar-refractivity contribution >= 4 is 11.9 Å². The van der Waals surface area contributed by atoms with Gasteiger partial charge in [0.15, 0.2) is 0 Å². The van der Waals surface area contributed by atoms with Crippen molar-refractivity contribution in [2.75, 3.05) is 26.7 Å². The fraction of sp³-hybridized carbons (Fsp3) is 0.857. The molecule has 1 fully saturated rings. The normalized spacial score (nSPS) is 22.4. The number of piperidine rings is 1. The number of esters is 1. The van der Waals surface area contributed by atoms with E-state index in [1.165, 1.54) is 20.0 Å². The van der Waals surface area contributed by atoms with Crippen LogP contribution in [0.2, 0.25) is 0 Å². The molecule has 1 saturated heterocycles. The lowest BCUT2D eigenvalue weighted by Crippen LogP contribution is -2.37. The Labute approximate surface area is 115 Å². The van der Waals surface area contributed by atoms with E-state index in [1.807, 2.05) is 0 Å². The second-order valence-electron chi connectivity index (χ2n) is 5.52. The molecule has 5 heteroatoms. The minimum Gasteiger partial charge on any atom is -0.469 e. The van der Waals surface area contributed by atoms with Crippen LogP contribution in [-0.2, 0) is 14.3 Å². The molecule has 0 aromatic heterocycles. The lowest BCUT2D eigenvalue weighted by Gasteiger charge is -2.28. The summed E-state index contributed by atoms with van der Waals surface area (Å²) in [5, 5.41) is 6.18. The van der Waals surface area contributed by atoms with Gasteiger partial charge in [0.2, 0.25) is 5.91 Å². The summed E-state index contributed by atoms with van der Waals surface area (Å²) in [6.45, 7) is 6.32. The summed E-state index contributed by atoms with van der Waals surface area (Å²) in [7, 11) is 1.36. The van der Waals surface area contributed by atoms with Gasteiger partial charge < -0.3 is 15.4 Å². The zero-order valence-corrected chi connectivity index (χ0v) is 12.2. The summed E-state index contributed by atoms with van der Waals surface area (Å²) in [5.74, 6) is 0.401. The van der Waals surface area contributed by atoms with Crippen LogP contribution in [0.5, 0.6) is 0 Å². The topological polar surface area (TPSA) is 67.4 Å². The minimum atomic E-state index is -0.291. The Morgan fingerprint density at radius 3 is 2.74 bits per heavy atom. The Morgan fingerprint density at radius 2 is 2.16 bits per heavy atom. The maximum atomic E-state index is 11.8. The van der Waals surface area contributed by atoms with Crippen LogP contribution in [0.15, 0.2) is 0 Å². The molecule has 19 heavy (non-hydrogen) atoms. The molecule has 1 aliphatic rings. The van der Waals surface area contributed by atoms with Crippen molar-refractivity contribution in [1.29, 1.82) is 0 Å². The number of carbonyl (C=O) groups is 2. The monoisotopic (exact) mass is 270 g/mol. The van der Waals surface area contributed by atoms with E-state index in [0.29, 0.717) is 24.8 Å². The van der Waals surface area contributed by atoms with Gasteiger partial charge in [-0.2, -0.15) is 0 Å². The van der Waals surface area contributed by atoms with Crippen LogP contribution in [0.1, 0.15) is 33.1 Å². The van der Waals surface area contributed by atoms with Crippen molar-refractivity contribution < 1.29 is 14.3 Å². The molecular weight excluding hydrogens is 244 g/mol. The molecule has 0 saturated carbocycles. The second-order valence-corrected chi connectivity index (χ2v) is 5.52. The van der Waals surface area contributed by atoms with Gasteiger partial charge in [-0.05, 0) is 37.8 Å². The maximum Gasteiger partial charge on any atom is 0.310 e. The van der Waals surface area contributed by atoms with Crippen LogP contribution < -0.4 is 10.6 Å². The zero-order valence-electron chi connectivity index (χ0n) is 12.2. The van der Waals surface area contributed by atoms with Crippen molar-refractivity contribution in [2.45, 2.75) is 33.1 Å². The third-order valence-electron chi connectivity index (χ3n) is 3.86. The molecule has 0 aromatic rings. The average Bonchev–Trinajstić information content (AvgIpc) is 2.44. The summed E-state index contributed by atoms with van der Waals surface area (Å²) in [6.07, 6.45) is 2.91. The minimum absolute atomic E-state index is 0.0221. The Hall–Kier alpha value is -1.10. The van der Waals surface area contributed by atoms with Gasteiger partial charge >= 0.3 is 5.97 Å². The summed E-state index contributed by atoms with van der Waals surface area (Å²) < 4.78 is 4.62. The standard InChI is InChI=1S/C14H26N2O3/c1-10(12-5-4-6-15-9-12)7-13(17)16-8-11(2)14(18)19-3/h10-12,15H,4-9H2,1-3H3,(H,16,17). The quantitative estimate of drug-likeness (QED) is 0.705. The highest BCUT2D eigenvalue weighted by Gasteiger charge is 2.22. The summed E-state index contributed by atoms with van der Waals surface area (Å²) in [5.41, 5.74) is 0. The first kappa shape index (κ1) is 16.0. The third kappa shape index (κ3) is 5.59. The van der Waals surface area contributed by atoms with Crippen LogP contribution in [0, 0.1) is 17.8 Å². The Kier molecular flexibility index (Phi) is 6.84. The third-order valence-corrected chi connectivity index (χ3v) is 3.86. The van der Waals surface area contributed by atoms with Gasteiger partial charge in [-0.15, -0.1) is 0 Å². The van der Waals surface area contributed by atoms with Crippen LogP contribution in [-0.4, -0.2) is 38.6 Å². The first-order valence-corrected chi connectivity index (χ1v) is 7.09. The lowest BCUT2D eigenvalue weighted by molar-refractivity contribution is -0.144. The number of amides is 1. The van der Waals surface area contributed by atoms with Crippen LogP contribution >= 0.6 is 0 Å². The Bertz CT molecular complexity index is 301. The number of ether oxygens (including phenoxy) is 1. The molecule has 110 valence electrons. The molecule has 0 spiro atoms. The molecule has 1 aliphatic heterocycles. The summed E-state index contributed by atoms with van der Waals surface area (Å²) in [4.78, 5) is 23.0. The van der Waals surface area contributed by atoms with Crippen molar-refractivity contribution in [3.63, 3.8) is 0 Å². The van der Waals surface area contributed by atoms with E-state index in [4.69, 9.17) is 0 Å². The maximum absolute atomic E-state index is 11.8.